The van der Waals surface area contributed by atoms with Crippen molar-refractivity contribution in [2.24, 2.45) is 0 Å². The highest BCUT2D eigenvalue weighted by Crippen LogP contribution is 2.39. The number of ether oxygens (including phenoxy) is 1. The molecule has 0 radical (unpaired) electrons. The van der Waals surface area contributed by atoms with E-state index in [-0.39, 0.29) is 5.91 Å². The summed E-state index contributed by atoms with van der Waals surface area (Å²) in [5, 5.41) is 3.07. The first-order chi connectivity index (χ1) is 14.0. The van der Waals surface area contributed by atoms with Crippen LogP contribution in [0, 0.1) is 6.92 Å². The molecular weight excluding hydrogens is 380 g/mol. The number of fused-ring (bicyclic) bond motifs is 1. The first-order valence-electron chi connectivity index (χ1n) is 10.1. The molecule has 29 heavy (non-hydrogen) atoms. The molecule has 2 heterocycles. The number of carbonyl (C=O) groups is 1. The summed E-state index contributed by atoms with van der Waals surface area (Å²) in [6, 6.07) is 14.5. The van der Waals surface area contributed by atoms with Crippen LogP contribution in [-0.2, 0) is 11.3 Å². The first kappa shape index (κ1) is 19.6. The summed E-state index contributed by atoms with van der Waals surface area (Å²) in [7, 11) is 0. The van der Waals surface area contributed by atoms with Gasteiger partial charge in [-0.2, -0.15) is 0 Å². The Morgan fingerprint density at radius 1 is 1.17 bits per heavy atom. The average molecular weight is 407 g/mol. The van der Waals surface area contributed by atoms with Gasteiger partial charge in [-0.25, -0.2) is 4.98 Å². The van der Waals surface area contributed by atoms with Crippen molar-refractivity contribution in [1.82, 2.24) is 4.98 Å². The lowest BCUT2D eigenvalue weighted by molar-refractivity contribution is -0.126. The molecule has 0 fully saturated rings. The van der Waals surface area contributed by atoms with E-state index in [1.165, 1.54) is 5.56 Å². The molecule has 0 saturated carbocycles. The summed E-state index contributed by atoms with van der Waals surface area (Å²) in [5.41, 5.74) is 5.16. The summed E-state index contributed by atoms with van der Waals surface area (Å²) >= 11 is 1.63. The van der Waals surface area contributed by atoms with Crippen molar-refractivity contribution >= 4 is 22.9 Å². The number of hydrogen-bond acceptors (Lipinski definition) is 4. The second-order valence-corrected chi connectivity index (χ2v) is 8.83. The topological polar surface area (TPSA) is 42.4 Å². The predicted molar refractivity (Wildman–Crippen MR) is 119 cm³/mol. The Balaban J connectivity index is 1.71. The smallest absolute Gasteiger partial charge is 0.268 e. The van der Waals surface area contributed by atoms with Gasteiger partial charge in [-0.15, -0.1) is 11.3 Å². The number of amides is 1. The van der Waals surface area contributed by atoms with Gasteiger partial charge in [0, 0.05) is 10.9 Å². The standard InChI is InChI=1S/C24H26N2O2S/c1-5-22-24(27)26(13-17-6-8-18(9-7-17)15(2)3)21-12-19(10-11-23(21)28-22)20-14-29-16(4)25-20/h6-12,14-15,22H,5,13H2,1-4H3. The summed E-state index contributed by atoms with van der Waals surface area (Å²) in [6.45, 7) is 8.88. The molecule has 150 valence electrons. The molecule has 5 heteroatoms. The second kappa shape index (κ2) is 7.99. The molecule has 0 saturated heterocycles. The molecule has 4 nitrogen and oxygen atoms in total. The largest absolute Gasteiger partial charge is 0.478 e. The molecule has 2 aromatic carbocycles. The number of aryl methyl sites for hydroxylation is 1. The number of benzene rings is 2. The Hall–Kier alpha value is -2.66. The molecule has 0 aliphatic carbocycles. The van der Waals surface area contributed by atoms with Crippen LogP contribution in [0.4, 0.5) is 5.69 Å². The van der Waals surface area contributed by atoms with Crippen molar-refractivity contribution in [2.75, 3.05) is 4.90 Å². The van der Waals surface area contributed by atoms with Gasteiger partial charge in [0.1, 0.15) is 5.75 Å². The van der Waals surface area contributed by atoms with E-state index in [2.05, 4.69) is 43.1 Å². The minimum Gasteiger partial charge on any atom is -0.478 e. The van der Waals surface area contributed by atoms with Crippen molar-refractivity contribution in [3.05, 3.63) is 64.0 Å². The number of thiazole rings is 1. The highest BCUT2D eigenvalue weighted by Gasteiger charge is 2.33. The van der Waals surface area contributed by atoms with Crippen LogP contribution >= 0.6 is 11.3 Å². The third-order valence-electron chi connectivity index (χ3n) is 5.33. The van der Waals surface area contributed by atoms with Gasteiger partial charge in [-0.05, 0) is 48.6 Å². The number of nitrogens with zero attached hydrogens (tertiary/aromatic N) is 2. The molecule has 1 amide bonds. The van der Waals surface area contributed by atoms with Crippen molar-refractivity contribution in [3.8, 4) is 17.0 Å². The molecule has 0 N–H and O–H groups in total. The Labute approximate surface area is 176 Å². The molecule has 0 bridgehead atoms. The average Bonchev–Trinajstić information content (AvgIpc) is 3.16. The number of aromatic nitrogens is 1. The van der Waals surface area contributed by atoms with Gasteiger partial charge in [0.15, 0.2) is 6.10 Å². The lowest BCUT2D eigenvalue weighted by Crippen LogP contribution is -2.45. The molecule has 1 aliphatic heterocycles. The van der Waals surface area contributed by atoms with E-state index in [0.717, 1.165) is 33.3 Å². The van der Waals surface area contributed by atoms with Gasteiger partial charge in [0.05, 0.1) is 22.9 Å². The molecule has 0 spiro atoms. The van der Waals surface area contributed by atoms with Gasteiger partial charge in [-0.1, -0.05) is 45.0 Å². The second-order valence-electron chi connectivity index (χ2n) is 7.77. The molecule has 1 aromatic heterocycles. The highest BCUT2D eigenvalue weighted by molar-refractivity contribution is 7.09. The molecule has 4 rings (SSSR count). The molecule has 1 unspecified atom stereocenters. The van der Waals surface area contributed by atoms with E-state index in [9.17, 15) is 4.79 Å². The fourth-order valence-electron chi connectivity index (χ4n) is 3.59. The van der Waals surface area contributed by atoms with Crippen molar-refractivity contribution in [3.63, 3.8) is 0 Å². The zero-order valence-corrected chi connectivity index (χ0v) is 18.1. The van der Waals surface area contributed by atoms with E-state index in [4.69, 9.17) is 4.74 Å². The van der Waals surface area contributed by atoms with Gasteiger partial charge in [0.25, 0.3) is 5.91 Å². The summed E-state index contributed by atoms with van der Waals surface area (Å²) < 4.78 is 6.00. The Bertz CT molecular complexity index is 1020. The minimum atomic E-state index is -0.440. The van der Waals surface area contributed by atoms with E-state index < -0.39 is 6.10 Å². The van der Waals surface area contributed by atoms with Crippen LogP contribution in [0.1, 0.15) is 49.2 Å². The van der Waals surface area contributed by atoms with Gasteiger partial charge < -0.3 is 9.64 Å². The first-order valence-corrected chi connectivity index (χ1v) is 11.0. The van der Waals surface area contributed by atoms with Crippen LogP contribution < -0.4 is 9.64 Å². The third-order valence-corrected chi connectivity index (χ3v) is 6.11. The Morgan fingerprint density at radius 3 is 2.55 bits per heavy atom. The van der Waals surface area contributed by atoms with E-state index in [1.807, 2.05) is 42.3 Å². The third kappa shape index (κ3) is 3.92. The molecule has 1 aliphatic rings. The highest BCUT2D eigenvalue weighted by atomic mass is 32.1. The molecular formula is C24H26N2O2S. The van der Waals surface area contributed by atoms with Gasteiger partial charge >= 0.3 is 0 Å². The van der Waals surface area contributed by atoms with Crippen molar-refractivity contribution in [1.29, 1.82) is 0 Å². The number of rotatable bonds is 5. The maximum atomic E-state index is 13.1. The lowest BCUT2D eigenvalue weighted by Gasteiger charge is -2.34. The molecule has 1 atom stereocenters. The fraction of sp³-hybridized carbons (Fsp3) is 0.333. The fourth-order valence-corrected chi connectivity index (χ4v) is 4.21. The predicted octanol–water partition coefficient (Wildman–Crippen LogP) is 5.95. The Morgan fingerprint density at radius 2 is 1.93 bits per heavy atom. The van der Waals surface area contributed by atoms with Crippen LogP contribution in [-0.4, -0.2) is 17.0 Å². The normalized spacial score (nSPS) is 16.1. The van der Waals surface area contributed by atoms with E-state index in [0.29, 0.717) is 18.9 Å². The van der Waals surface area contributed by atoms with Gasteiger partial charge in [-0.3, -0.25) is 4.79 Å². The summed E-state index contributed by atoms with van der Waals surface area (Å²) in [5.74, 6) is 1.26. The van der Waals surface area contributed by atoms with Crippen LogP contribution in [0.15, 0.2) is 47.8 Å². The maximum Gasteiger partial charge on any atom is 0.268 e. The minimum absolute atomic E-state index is 0.0135. The summed E-state index contributed by atoms with van der Waals surface area (Å²) in [4.78, 5) is 19.6. The Kier molecular flexibility index (Phi) is 5.41. The zero-order valence-electron chi connectivity index (χ0n) is 17.3. The van der Waals surface area contributed by atoms with Crippen LogP contribution in [0.2, 0.25) is 0 Å². The lowest BCUT2D eigenvalue weighted by atomic mass is 10.0. The van der Waals surface area contributed by atoms with Gasteiger partial charge in [0.2, 0.25) is 0 Å². The van der Waals surface area contributed by atoms with Crippen LogP contribution in [0.5, 0.6) is 5.75 Å². The number of hydrogen-bond donors (Lipinski definition) is 0. The van der Waals surface area contributed by atoms with Crippen molar-refractivity contribution in [2.45, 2.75) is 52.7 Å². The number of anilines is 1. The summed E-state index contributed by atoms with van der Waals surface area (Å²) in [6.07, 6.45) is 0.207. The van der Waals surface area contributed by atoms with Crippen LogP contribution in [0.3, 0.4) is 0 Å². The SMILES string of the molecule is CCC1Oc2ccc(-c3csc(C)n3)cc2N(Cc2ccc(C(C)C)cc2)C1=O. The van der Waals surface area contributed by atoms with E-state index >= 15 is 0 Å². The quantitative estimate of drug-likeness (QED) is 0.526. The maximum absolute atomic E-state index is 13.1. The van der Waals surface area contributed by atoms with Crippen LogP contribution in [0.25, 0.3) is 11.3 Å². The monoisotopic (exact) mass is 406 g/mol. The van der Waals surface area contributed by atoms with E-state index in [1.54, 1.807) is 11.3 Å². The molecule has 3 aromatic rings. The van der Waals surface area contributed by atoms with Crippen molar-refractivity contribution < 1.29 is 9.53 Å². The zero-order chi connectivity index (χ0) is 20.5. The number of carbonyl (C=O) groups excluding carboxylic acids is 1.